The highest BCUT2D eigenvalue weighted by molar-refractivity contribution is 7.47. The fourth-order valence-electron chi connectivity index (χ4n) is 5.87. The molecule has 0 saturated carbocycles. The number of carbonyl (C=O) groups excluding carboxylic acids is 1. The van der Waals surface area contributed by atoms with Crippen LogP contribution in [-0.4, -0.2) is 49.9 Å². The van der Waals surface area contributed by atoms with Crippen molar-refractivity contribution >= 4 is 13.8 Å². The summed E-state index contributed by atoms with van der Waals surface area (Å²) in [6, 6.07) is 0. The van der Waals surface area contributed by atoms with E-state index in [-0.39, 0.29) is 32.3 Å². The molecule has 0 aromatic heterocycles. The van der Waals surface area contributed by atoms with Crippen molar-refractivity contribution in [3.05, 3.63) is 12.2 Å². The molecule has 0 spiro atoms. The van der Waals surface area contributed by atoms with Gasteiger partial charge in [0.1, 0.15) is 6.10 Å². The number of phosphoric acid groups is 1. The lowest BCUT2D eigenvalue weighted by Crippen LogP contribution is -2.28. The molecule has 9 heteroatoms. The molecule has 292 valence electrons. The van der Waals surface area contributed by atoms with Crippen molar-refractivity contribution in [1.29, 1.82) is 0 Å². The molecule has 0 aliphatic heterocycles. The van der Waals surface area contributed by atoms with Crippen LogP contribution in [0.1, 0.15) is 200 Å². The predicted octanol–water partition coefficient (Wildman–Crippen LogP) is 11.9. The van der Waals surface area contributed by atoms with Crippen LogP contribution < -0.4 is 5.73 Å². The van der Waals surface area contributed by atoms with Gasteiger partial charge in [-0.15, -0.1) is 0 Å². The zero-order chi connectivity index (χ0) is 35.9. The third kappa shape index (κ3) is 38.3. The Hall–Kier alpha value is -0.760. The topological polar surface area (TPSA) is 117 Å². The van der Waals surface area contributed by atoms with Gasteiger partial charge in [-0.1, -0.05) is 167 Å². The Balaban J connectivity index is 3.87. The molecule has 2 unspecified atom stereocenters. The van der Waals surface area contributed by atoms with Gasteiger partial charge in [0.05, 0.1) is 19.8 Å². The van der Waals surface area contributed by atoms with Crippen molar-refractivity contribution in [2.45, 2.75) is 206 Å². The van der Waals surface area contributed by atoms with Gasteiger partial charge in [-0.2, -0.15) is 0 Å². The molecule has 0 fully saturated rings. The Labute approximate surface area is 303 Å². The van der Waals surface area contributed by atoms with E-state index in [1.54, 1.807) is 0 Å². The smallest absolute Gasteiger partial charge is 0.457 e. The van der Waals surface area contributed by atoms with Crippen molar-refractivity contribution in [2.24, 2.45) is 5.73 Å². The molecule has 0 rings (SSSR count). The average molecular weight is 718 g/mol. The highest BCUT2D eigenvalue weighted by Gasteiger charge is 2.25. The number of unbranched alkanes of at least 4 members (excludes halogenated alkanes) is 25. The minimum atomic E-state index is -4.26. The second-order valence-corrected chi connectivity index (χ2v) is 15.3. The largest absolute Gasteiger partial charge is 0.472 e. The summed E-state index contributed by atoms with van der Waals surface area (Å²) in [6.07, 6.45) is 39.6. The second-order valence-electron chi connectivity index (χ2n) is 13.9. The lowest BCUT2D eigenvalue weighted by atomic mass is 10.1. The summed E-state index contributed by atoms with van der Waals surface area (Å²) in [7, 11) is -4.26. The summed E-state index contributed by atoms with van der Waals surface area (Å²) in [5.41, 5.74) is 5.35. The molecule has 8 nitrogen and oxygen atoms in total. The number of carbonyl (C=O) groups is 1. The molecule has 0 aliphatic rings. The minimum Gasteiger partial charge on any atom is -0.457 e. The van der Waals surface area contributed by atoms with Gasteiger partial charge in [-0.3, -0.25) is 13.8 Å². The number of hydrogen-bond donors (Lipinski definition) is 2. The van der Waals surface area contributed by atoms with Gasteiger partial charge >= 0.3 is 13.8 Å². The quantitative estimate of drug-likeness (QED) is 0.0278. The lowest BCUT2D eigenvalue weighted by molar-refractivity contribution is -0.154. The Bertz CT molecular complexity index is 767. The molecular weight excluding hydrogens is 637 g/mol. The first kappa shape index (κ1) is 48.2. The number of nitrogens with two attached hydrogens (primary N) is 1. The standard InChI is InChI=1S/C40H80NO7P/c1-3-5-7-9-11-13-14-15-16-17-18-19-20-21-22-23-24-25-26-28-30-32-35-45-37-39(38-47-49(43,44)46-36-34-41)48-40(42)33-31-29-27-12-10-8-6-4-2/h17-18,39H,3-16,19-38,41H2,1-2H3,(H,43,44)/b18-17-. The van der Waals surface area contributed by atoms with Crippen molar-refractivity contribution in [1.82, 2.24) is 0 Å². The third-order valence-electron chi connectivity index (χ3n) is 8.93. The summed E-state index contributed by atoms with van der Waals surface area (Å²) in [5.74, 6) is -0.333. The van der Waals surface area contributed by atoms with Crippen molar-refractivity contribution < 1.29 is 32.8 Å². The Morgan fingerprint density at radius 3 is 1.49 bits per heavy atom. The predicted molar refractivity (Wildman–Crippen MR) is 206 cm³/mol. The number of allylic oxidation sites excluding steroid dienone is 2. The van der Waals surface area contributed by atoms with E-state index in [9.17, 15) is 14.3 Å². The zero-order valence-corrected chi connectivity index (χ0v) is 33.1. The first-order valence-corrected chi connectivity index (χ1v) is 22.2. The number of hydrogen-bond acceptors (Lipinski definition) is 7. The van der Waals surface area contributed by atoms with E-state index in [4.69, 9.17) is 24.3 Å². The first-order chi connectivity index (χ1) is 23.9. The van der Waals surface area contributed by atoms with E-state index in [1.807, 2.05) is 0 Å². The van der Waals surface area contributed by atoms with E-state index in [0.29, 0.717) is 13.0 Å². The molecule has 0 aliphatic carbocycles. The van der Waals surface area contributed by atoms with E-state index in [2.05, 4.69) is 26.0 Å². The fourth-order valence-corrected chi connectivity index (χ4v) is 6.64. The first-order valence-electron chi connectivity index (χ1n) is 20.7. The Kier molecular flexibility index (Phi) is 37.9. The third-order valence-corrected chi connectivity index (χ3v) is 9.92. The summed E-state index contributed by atoms with van der Waals surface area (Å²) >= 11 is 0. The highest BCUT2D eigenvalue weighted by Crippen LogP contribution is 2.43. The van der Waals surface area contributed by atoms with Crippen LogP contribution in [0.15, 0.2) is 12.2 Å². The van der Waals surface area contributed by atoms with Gasteiger partial charge < -0.3 is 20.1 Å². The summed E-state index contributed by atoms with van der Waals surface area (Å²) < 4.78 is 33.3. The lowest BCUT2D eigenvalue weighted by Gasteiger charge is -2.20. The van der Waals surface area contributed by atoms with Crippen LogP contribution in [0.25, 0.3) is 0 Å². The monoisotopic (exact) mass is 718 g/mol. The fraction of sp³-hybridized carbons (Fsp3) is 0.925. The molecular formula is C40H80NO7P. The number of esters is 1. The van der Waals surface area contributed by atoms with Crippen molar-refractivity contribution in [2.75, 3.05) is 33.0 Å². The summed E-state index contributed by atoms with van der Waals surface area (Å²) in [6.45, 7) is 4.91. The number of phosphoric ester groups is 1. The van der Waals surface area contributed by atoms with Gasteiger partial charge in [0, 0.05) is 19.6 Å². The van der Waals surface area contributed by atoms with Crippen LogP contribution in [0.5, 0.6) is 0 Å². The average Bonchev–Trinajstić information content (AvgIpc) is 3.09. The summed E-state index contributed by atoms with van der Waals surface area (Å²) in [5, 5.41) is 0. The van der Waals surface area contributed by atoms with E-state index >= 15 is 0 Å². The van der Waals surface area contributed by atoms with Crippen LogP contribution in [0.4, 0.5) is 0 Å². The SMILES string of the molecule is CCCCCCCCCC/C=C\CCCCCCCCCCCCOCC(COP(=O)(O)OCCN)OC(=O)CCCCCCCCCC. The van der Waals surface area contributed by atoms with E-state index in [0.717, 1.165) is 32.1 Å². The summed E-state index contributed by atoms with van der Waals surface area (Å²) in [4.78, 5) is 22.3. The Morgan fingerprint density at radius 2 is 1.02 bits per heavy atom. The van der Waals surface area contributed by atoms with Crippen LogP contribution in [0.3, 0.4) is 0 Å². The van der Waals surface area contributed by atoms with Crippen molar-refractivity contribution in [3.8, 4) is 0 Å². The normalized spacial score (nSPS) is 13.6. The van der Waals surface area contributed by atoms with Crippen molar-refractivity contribution in [3.63, 3.8) is 0 Å². The maximum absolute atomic E-state index is 12.4. The Morgan fingerprint density at radius 1 is 0.592 bits per heavy atom. The highest BCUT2D eigenvalue weighted by atomic mass is 31.2. The van der Waals surface area contributed by atoms with Gasteiger partial charge in [0.2, 0.25) is 0 Å². The molecule has 49 heavy (non-hydrogen) atoms. The molecule has 0 heterocycles. The van der Waals surface area contributed by atoms with Crippen LogP contribution in [0.2, 0.25) is 0 Å². The van der Waals surface area contributed by atoms with E-state index < -0.39 is 13.9 Å². The molecule has 0 aromatic rings. The maximum atomic E-state index is 12.4. The van der Waals surface area contributed by atoms with Crippen LogP contribution in [0, 0.1) is 0 Å². The molecule has 0 radical (unpaired) electrons. The second kappa shape index (κ2) is 38.5. The van der Waals surface area contributed by atoms with Crippen LogP contribution in [-0.2, 0) is 27.9 Å². The van der Waals surface area contributed by atoms with Gasteiger partial charge in [-0.25, -0.2) is 4.57 Å². The minimum absolute atomic E-state index is 0.0928. The zero-order valence-electron chi connectivity index (χ0n) is 32.2. The van der Waals surface area contributed by atoms with Gasteiger partial charge in [0.25, 0.3) is 0 Å². The number of rotatable bonds is 40. The molecule has 0 amide bonds. The van der Waals surface area contributed by atoms with Gasteiger partial charge in [0.15, 0.2) is 0 Å². The molecule has 0 saturated heterocycles. The maximum Gasteiger partial charge on any atom is 0.472 e. The molecule has 3 N–H and O–H groups in total. The molecule has 0 bridgehead atoms. The van der Waals surface area contributed by atoms with E-state index in [1.165, 1.54) is 148 Å². The number of ether oxygens (including phenoxy) is 2. The molecule has 2 atom stereocenters. The molecule has 0 aromatic carbocycles. The van der Waals surface area contributed by atoms with Crippen LogP contribution >= 0.6 is 7.82 Å². The van der Waals surface area contributed by atoms with Gasteiger partial charge in [-0.05, 0) is 38.5 Å².